The van der Waals surface area contributed by atoms with E-state index in [1.54, 1.807) is 13.2 Å². The van der Waals surface area contributed by atoms with Crippen LogP contribution in [0.15, 0.2) is 66.7 Å². The molecule has 7 atom stereocenters. The summed E-state index contributed by atoms with van der Waals surface area (Å²) in [7, 11) is 5.46. The fourth-order valence-corrected chi connectivity index (χ4v) is 9.17. The van der Waals surface area contributed by atoms with Crippen molar-refractivity contribution >= 4 is 17.5 Å². The van der Waals surface area contributed by atoms with Crippen molar-refractivity contribution in [2.24, 2.45) is 28.9 Å². The molecule has 52 heavy (non-hydrogen) atoms. The normalized spacial score (nSPS) is 25.6. The molecule has 278 valence electrons. The number of hydrogen-bond acceptors (Lipinski definition) is 8. The van der Waals surface area contributed by atoms with Crippen molar-refractivity contribution in [2.45, 2.75) is 77.2 Å². The van der Waals surface area contributed by atoms with E-state index in [-0.39, 0.29) is 41.3 Å². The second-order valence-corrected chi connectivity index (χ2v) is 16.2. The summed E-state index contributed by atoms with van der Waals surface area (Å²) < 4.78 is 5.98. The summed E-state index contributed by atoms with van der Waals surface area (Å²) >= 11 is 0. The van der Waals surface area contributed by atoms with Gasteiger partial charge in [-0.15, -0.1) is 0 Å². The number of likely N-dealkylation sites (N-methyl/N-ethyl adjacent to an activating group) is 1. The van der Waals surface area contributed by atoms with Gasteiger partial charge < -0.3 is 26.0 Å². The van der Waals surface area contributed by atoms with Gasteiger partial charge in [0.1, 0.15) is 5.75 Å². The van der Waals surface area contributed by atoms with Crippen molar-refractivity contribution in [1.29, 1.82) is 0 Å². The Balaban J connectivity index is 1.23. The van der Waals surface area contributed by atoms with Gasteiger partial charge in [-0.1, -0.05) is 69.3 Å². The van der Waals surface area contributed by atoms with Crippen LogP contribution in [-0.4, -0.2) is 85.0 Å². The number of nitrogens with zero attached hydrogens (tertiary/aromatic N) is 3. The third kappa shape index (κ3) is 7.86. The molecular weight excluding hydrogens is 656 g/mol. The number of hydrogen-bond donors (Lipinski definition) is 3. The lowest BCUT2D eigenvalue weighted by Gasteiger charge is -2.62. The highest BCUT2D eigenvalue weighted by Crippen LogP contribution is 2.61. The van der Waals surface area contributed by atoms with Gasteiger partial charge in [0.15, 0.2) is 0 Å². The molecule has 11 heteroatoms. The van der Waals surface area contributed by atoms with Crippen LogP contribution in [0.4, 0.5) is 5.69 Å². The minimum absolute atomic E-state index is 0.0215. The maximum atomic E-state index is 13.8. The maximum Gasteiger partial charge on any atom is 0.270 e. The van der Waals surface area contributed by atoms with Crippen LogP contribution in [0.25, 0.3) is 11.1 Å². The molecule has 7 rings (SSSR count). The average Bonchev–Trinajstić information content (AvgIpc) is 3.48. The van der Waals surface area contributed by atoms with Crippen LogP contribution in [0.5, 0.6) is 5.75 Å². The zero-order chi connectivity index (χ0) is 37.3. The number of fused-ring (bicyclic) bond motifs is 2. The lowest BCUT2D eigenvalue weighted by Crippen LogP contribution is -2.61. The molecular formula is C41H54N6O5. The minimum Gasteiger partial charge on any atom is -0.496 e. The zero-order valence-electron chi connectivity index (χ0n) is 31.3. The van der Waals surface area contributed by atoms with Gasteiger partial charge >= 0.3 is 0 Å². The molecule has 3 aromatic rings. The summed E-state index contributed by atoms with van der Waals surface area (Å²) in [6.07, 6.45) is 3.44. The number of nitrogens with one attached hydrogen (secondary N) is 2. The van der Waals surface area contributed by atoms with Crippen LogP contribution >= 0.6 is 0 Å². The molecule has 4 N–H and O–H groups in total. The molecule has 0 aromatic heterocycles. The number of likely N-dealkylation sites (tertiary alicyclic amines) is 1. The predicted molar refractivity (Wildman–Crippen MR) is 203 cm³/mol. The SMILES string of the molecule is COc1c(CN2C[C@@H](N)C[C@H]2C(=O)N[C@H]2C[C@H]3C[C@@H]([C@@H]2C)C3(C)C)cccc1-c1cc(C(=O)N[C@@H](Cc2ccccc2)CN(C)C)cc([N+](=O)[O-])c1. The topological polar surface area (TPSA) is 143 Å². The molecule has 3 saturated carbocycles. The highest BCUT2D eigenvalue weighted by atomic mass is 16.6. The standard InChI is InChI=1S/C41H54N6O5/c1-25-35-19-30(41(35,2)3)20-36(25)44-40(49)37-21-31(42)23-46(37)22-27-13-10-14-34(38(27)52-6)28-16-29(18-33(17-28)47(50)51)39(48)43-32(24-45(4)5)15-26-11-8-7-9-12-26/h7-14,16-18,25,30-32,35-37H,15,19-24,42H2,1-6H3,(H,43,48)(H,44,49)/t25-,30+,31-,32-,35-,36-,37-/m0/s1. The van der Waals surface area contributed by atoms with E-state index in [4.69, 9.17) is 10.5 Å². The minimum atomic E-state index is -0.482. The summed E-state index contributed by atoms with van der Waals surface area (Å²) in [5.41, 5.74) is 9.81. The average molecular weight is 711 g/mol. The fraction of sp³-hybridized carbons (Fsp3) is 0.512. The van der Waals surface area contributed by atoms with E-state index in [2.05, 4.69) is 36.3 Å². The van der Waals surface area contributed by atoms with E-state index in [1.807, 2.05) is 67.5 Å². The van der Waals surface area contributed by atoms with Crippen LogP contribution in [0, 0.1) is 33.3 Å². The molecule has 4 aliphatic rings. The van der Waals surface area contributed by atoms with Gasteiger partial charge in [-0.05, 0) is 80.1 Å². The Labute approximate surface area is 307 Å². The largest absolute Gasteiger partial charge is 0.496 e. The molecule has 1 aliphatic heterocycles. The second kappa shape index (κ2) is 15.3. The molecule has 0 radical (unpaired) electrons. The number of methoxy groups -OCH3 is 1. The number of nitrogens with two attached hydrogens (primary N) is 1. The molecule has 0 spiro atoms. The van der Waals surface area contributed by atoms with E-state index >= 15 is 0 Å². The number of carbonyl (C=O) groups excluding carboxylic acids is 2. The van der Waals surface area contributed by atoms with Crippen LogP contribution in [0.2, 0.25) is 0 Å². The first-order valence-corrected chi connectivity index (χ1v) is 18.5. The van der Waals surface area contributed by atoms with Crippen LogP contribution in [-0.2, 0) is 17.8 Å². The molecule has 3 aliphatic carbocycles. The fourth-order valence-electron chi connectivity index (χ4n) is 9.17. The second-order valence-electron chi connectivity index (χ2n) is 16.2. The number of amides is 2. The van der Waals surface area contributed by atoms with E-state index in [0.717, 1.165) is 17.5 Å². The molecule has 1 heterocycles. The summed E-state index contributed by atoms with van der Waals surface area (Å²) in [4.78, 5) is 43.4. The van der Waals surface area contributed by atoms with Crippen LogP contribution < -0.4 is 21.1 Å². The van der Waals surface area contributed by atoms with Crippen LogP contribution in [0.1, 0.15) is 61.5 Å². The van der Waals surface area contributed by atoms with Crippen molar-refractivity contribution < 1.29 is 19.2 Å². The Kier molecular flexibility index (Phi) is 11.0. The third-order valence-corrected chi connectivity index (χ3v) is 12.0. The van der Waals surface area contributed by atoms with Crippen molar-refractivity contribution in [1.82, 2.24) is 20.4 Å². The van der Waals surface area contributed by atoms with Crippen molar-refractivity contribution in [3.05, 3.63) is 93.5 Å². The van der Waals surface area contributed by atoms with E-state index in [0.29, 0.717) is 72.5 Å². The van der Waals surface area contributed by atoms with E-state index in [9.17, 15) is 19.7 Å². The number of nitro benzene ring substituents is 1. The van der Waals surface area contributed by atoms with Gasteiger partial charge in [-0.25, -0.2) is 0 Å². The molecule has 11 nitrogen and oxygen atoms in total. The lowest BCUT2D eigenvalue weighted by atomic mass is 9.45. The Bertz CT molecular complexity index is 1780. The lowest BCUT2D eigenvalue weighted by molar-refractivity contribution is -0.384. The van der Waals surface area contributed by atoms with E-state index < -0.39 is 10.8 Å². The number of para-hydroxylation sites is 1. The Morgan fingerprint density at radius 2 is 1.83 bits per heavy atom. The quantitative estimate of drug-likeness (QED) is 0.161. The monoisotopic (exact) mass is 710 g/mol. The van der Waals surface area contributed by atoms with Crippen molar-refractivity contribution in [2.75, 3.05) is 34.3 Å². The Morgan fingerprint density at radius 1 is 1.08 bits per heavy atom. The first-order valence-electron chi connectivity index (χ1n) is 18.5. The first kappa shape index (κ1) is 37.4. The highest BCUT2D eigenvalue weighted by Gasteiger charge is 2.56. The maximum absolute atomic E-state index is 13.8. The summed E-state index contributed by atoms with van der Waals surface area (Å²) in [6, 6.07) is 19.5. The Morgan fingerprint density at radius 3 is 2.48 bits per heavy atom. The predicted octanol–water partition coefficient (Wildman–Crippen LogP) is 5.26. The highest BCUT2D eigenvalue weighted by molar-refractivity contribution is 5.97. The van der Waals surface area contributed by atoms with Gasteiger partial charge in [0.05, 0.1) is 18.1 Å². The summed E-state index contributed by atoms with van der Waals surface area (Å²) in [5, 5.41) is 18.7. The number of rotatable bonds is 13. The zero-order valence-corrected chi connectivity index (χ0v) is 31.3. The number of nitro groups is 1. The smallest absolute Gasteiger partial charge is 0.270 e. The van der Waals surface area contributed by atoms with Gasteiger partial charge in [-0.3, -0.25) is 24.6 Å². The first-order chi connectivity index (χ1) is 24.7. The molecule has 0 unspecified atom stereocenters. The van der Waals surface area contributed by atoms with Gasteiger partial charge in [0, 0.05) is 66.6 Å². The van der Waals surface area contributed by atoms with E-state index in [1.165, 1.54) is 18.6 Å². The van der Waals surface area contributed by atoms with Gasteiger partial charge in [0.2, 0.25) is 5.91 Å². The third-order valence-electron chi connectivity index (χ3n) is 12.0. The summed E-state index contributed by atoms with van der Waals surface area (Å²) in [6.45, 7) is 8.56. The molecule has 2 bridgehead atoms. The molecule has 2 amide bonds. The number of benzene rings is 3. The Hall–Kier alpha value is -4.32. The van der Waals surface area contributed by atoms with Gasteiger partial charge in [-0.2, -0.15) is 0 Å². The molecule has 3 aromatic carbocycles. The molecule has 4 fully saturated rings. The number of non-ortho nitro benzene ring substituents is 1. The van der Waals surface area contributed by atoms with Crippen molar-refractivity contribution in [3.8, 4) is 16.9 Å². The number of ether oxygens (including phenoxy) is 1. The van der Waals surface area contributed by atoms with Gasteiger partial charge in [0.25, 0.3) is 11.6 Å². The summed E-state index contributed by atoms with van der Waals surface area (Å²) in [5.74, 6) is 1.85. The van der Waals surface area contributed by atoms with Crippen molar-refractivity contribution in [3.63, 3.8) is 0 Å². The number of carbonyl (C=O) groups is 2. The van der Waals surface area contributed by atoms with Crippen LogP contribution in [0.3, 0.4) is 0 Å². The molecule has 1 saturated heterocycles.